The number of aliphatic carboxylic acids is 1. The number of carbonyl (C=O) groups is 1. The number of phenolic OH excluding ortho intramolecular Hbond substituents is 1. The Balaban J connectivity index is 2.86. The van der Waals surface area contributed by atoms with Crippen LogP contribution in [0.25, 0.3) is 10.9 Å². The van der Waals surface area contributed by atoms with E-state index in [1.807, 2.05) is 30.7 Å². The van der Waals surface area contributed by atoms with Gasteiger partial charge in [0.1, 0.15) is 5.75 Å². The van der Waals surface area contributed by atoms with Gasteiger partial charge in [-0.3, -0.25) is 4.79 Å². The van der Waals surface area contributed by atoms with E-state index in [0.717, 1.165) is 5.52 Å². The van der Waals surface area contributed by atoms with Gasteiger partial charge in [0.25, 0.3) is 0 Å². The maximum Gasteiger partial charge on any atom is 0.313 e. The number of hydrogen-bond acceptors (Lipinski definition) is 2. The van der Waals surface area contributed by atoms with E-state index in [0.29, 0.717) is 10.9 Å². The standard InChI is InChI=1S/C15H19NO3/c1-9(2)16-8-10(15(3,4)14(18)19)13-11(16)6-5-7-12(13)17/h5-9,17H,1-4H3,(H,18,19). The van der Waals surface area contributed by atoms with Crippen molar-refractivity contribution in [2.24, 2.45) is 0 Å². The second-order valence-electron chi connectivity index (χ2n) is 5.65. The highest BCUT2D eigenvalue weighted by molar-refractivity contribution is 5.95. The number of phenols is 1. The van der Waals surface area contributed by atoms with Crippen molar-refractivity contribution in [2.45, 2.75) is 39.2 Å². The minimum atomic E-state index is -1.04. The van der Waals surface area contributed by atoms with E-state index in [1.165, 1.54) is 0 Å². The van der Waals surface area contributed by atoms with Crippen LogP contribution in [0.3, 0.4) is 0 Å². The van der Waals surface area contributed by atoms with E-state index in [1.54, 1.807) is 26.0 Å². The van der Waals surface area contributed by atoms with Crippen LogP contribution in [0.2, 0.25) is 0 Å². The normalized spacial score (nSPS) is 12.3. The van der Waals surface area contributed by atoms with Crippen molar-refractivity contribution < 1.29 is 15.0 Å². The van der Waals surface area contributed by atoms with E-state index in [4.69, 9.17) is 0 Å². The zero-order chi connectivity index (χ0) is 14.4. The van der Waals surface area contributed by atoms with Crippen molar-refractivity contribution in [3.05, 3.63) is 30.0 Å². The molecule has 19 heavy (non-hydrogen) atoms. The molecule has 4 heteroatoms. The van der Waals surface area contributed by atoms with E-state index in [-0.39, 0.29) is 11.8 Å². The highest BCUT2D eigenvalue weighted by Gasteiger charge is 2.34. The summed E-state index contributed by atoms with van der Waals surface area (Å²) in [6, 6.07) is 5.46. The van der Waals surface area contributed by atoms with Crippen LogP contribution < -0.4 is 0 Å². The van der Waals surface area contributed by atoms with Crippen molar-refractivity contribution >= 4 is 16.9 Å². The van der Waals surface area contributed by atoms with Crippen LogP contribution in [0.4, 0.5) is 0 Å². The topological polar surface area (TPSA) is 62.5 Å². The molecule has 0 bridgehead atoms. The number of aromatic hydroxyl groups is 1. The van der Waals surface area contributed by atoms with Gasteiger partial charge in [-0.2, -0.15) is 0 Å². The molecule has 0 spiro atoms. The Hall–Kier alpha value is -1.97. The Kier molecular flexibility index (Phi) is 3.04. The van der Waals surface area contributed by atoms with Crippen LogP contribution in [0.1, 0.15) is 39.3 Å². The number of carboxylic acid groups (broad SMARTS) is 1. The number of aromatic nitrogens is 1. The first-order chi connectivity index (χ1) is 8.76. The summed E-state index contributed by atoms with van der Waals surface area (Å²) < 4.78 is 2.00. The third-order valence-corrected chi connectivity index (χ3v) is 3.60. The Morgan fingerprint density at radius 2 is 1.95 bits per heavy atom. The maximum absolute atomic E-state index is 11.5. The van der Waals surface area contributed by atoms with Crippen LogP contribution in [0.5, 0.6) is 5.75 Å². The summed E-state index contributed by atoms with van der Waals surface area (Å²) in [5.74, 6) is -0.778. The molecule has 2 N–H and O–H groups in total. The molecule has 0 amide bonds. The first-order valence-corrected chi connectivity index (χ1v) is 6.33. The largest absolute Gasteiger partial charge is 0.507 e. The fraction of sp³-hybridized carbons (Fsp3) is 0.400. The molecule has 0 fully saturated rings. The van der Waals surface area contributed by atoms with Gasteiger partial charge in [0.2, 0.25) is 0 Å². The first kappa shape index (κ1) is 13.5. The van der Waals surface area contributed by atoms with Crippen molar-refractivity contribution in [3.63, 3.8) is 0 Å². The number of fused-ring (bicyclic) bond motifs is 1. The van der Waals surface area contributed by atoms with E-state index in [9.17, 15) is 15.0 Å². The predicted octanol–water partition coefficient (Wildman–Crippen LogP) is 3.29. The number of carboxylic acids is 1. The first-order valence-electron chi connectivity index (χ1n) is 6.33. The molecule has 0 aliphatic rings. The molecule has 0 aliphatic heterocycles. The van der Waals surface area contributed by atoms with Gasteiger partial charge in [-0.25, -0.2) is 0 Å². The average Bonchev–Trinajstić information content (AvgIpc) is 2.70. The molecule has 1 aromatic carbocycles. The maximum atomic E-state index is 11.5. The summed E-state index contributed by atoms with van der Waals surface area (Å²) in [4.78, 5) is 11.5. The molecule has 102 valence electrons. The molecule has 1 aromatic heterocycles. The average molecular weight is 261 g/mol. The minimum Gasteiger partial charge on any atom is -0.507 e. The third-order valence-electron chi connectivity index (χ3n) is 3.60. The molecule has 2 rings (SSSR count). The van der Waals surface area contributed by atoms with E-state index >= 15 is 0 Å². The minimum absolute atomic E-state index is 0.126. The molecule has 0 atom stereocenters. The lowest BCUT2D eigenvalue weighted by molar-refractivity contribution is -0.142. The van der Waals surface area contributed by atoms with Crippen molar-refractivity contribution in [2.75, 3.05) is 0 Å². The van der Waals surface area contributed by atoms with Gasteiger partial charge in [0.05, 0.1) is 10.9 Å². The van der Waals surface area contributed by atoms with E-state index < -0.39 is 11.4 Å². The number of rotatable bonds is 3. The smallest absolute Gasteiger partial charge is 0.313 e. The van der Waals surface area contributed by atoms with Crippen LogP contribution in [0, 0.1) is 0 Å². The van der Waals surface area contributed by atoms with Gasteiger partial charge in [0, 0.05) is 17.6 Å². The molecule has 4 nitrogen and oxygen atoms in total. The van der Waals surface area contributed by atoms with Gasteiger partial charge in [-0.1, -0.05) is 6.07 Å². The van der Waals surface area contributed by atoms with Gasteiger partial charge in [-0.15, -0.1) is 0 Å². The summed E-state index contributed by atoms with van der Waals surface area (Å²) >= 11 is 0. The summed E-state index contributed by atoms with van der Waals surface area (Å²) in [7, 11) is 0. The van der Waals surface area contributed by atoms with Gasteiger partial charge in [-0.05, 0) is 45.4 Å². The molecular weight excluding hydrogens is 242 g/mol. The molecule has 0 aliphatic carbocycles. The van der Waals surface area contributed by atoms with Crippen LogP contribution in [-0.4, -0.2) is 20.7 Å². The highest BCUT2D eigenvalue weighted by atomic mass is 16.4. The fourth-order valence-electron chi connectivity index (χ4n) is 2.31. The fourth-order valence-corrected chi connectivity index (χ4v) is 2.31. The molecular formula is C15H19NO3. The SMILES string of the molecule is CC(C)n1cc(C(C)(C)C(=O)O)c2c(O)cccc21. The number of nitrogens with zero attached hydrogens (tertiary/aromatic N) is 1. The van der Waals surface area contributed by atoms with Crippen LogP contribution in [-0.2, 0) is 10.2 Å². The van der Waals surface area contributed by atoms with Crippen molar-refractivity contribution in [1.82, 2.24) is 4.57 Å². The molecule has 0 saturated heterocycles. The lowest BCUT2D eigenvalue weighted by atomic mass is 9.84. The molecule has 0 saturated carbocycles. The summed E-state index contributed by atoms with van der Waals surface area (Å²) in [6.07, 6.45) is 1.84. The monoisotopic (exact) mass is 261 g/mol. The summed E-state index contributed by atoms with van der Waals surface area (Å²) in [5.41, 5.74) is 0.457. The van der Waals surface area contributed by atoms with Crippen LogP contribution >= 0.6 is 0 Å². The molecule has 2 aromatic rings. The van der Waals surface area contributed by atoms with E-state index in [2.05, 4.69) is 0 Å². The zero-order valence-electron chi connectivity index (χ0n) is 11.6. The highest BCUT2D eigenvalue weighted by Crippen LogP contribution is 2.38. The van der Waals surface area contributed by atoms with Gasteiger partial charge in [0.15, 0.2) is 0 Å². The Labute approximate surface area is 112 Å². The second-order valence-corrected chi connectivity index (χ2v) is 5.65. The predicted molar refractivity (Wildman–Crippen MR) is 74.6 cm³/mol. The van der Waals surface area contributed by atoms with Crippen molar-refractivity contribution in [3.8, 4) is 5.75 Å². The van der Waals surface area contributed by atoms with Crippen molar-refractivity contribution in [1.29, 1.82) is 0 Å². The van der Waals surface area contributed by atoms with Gasteiger partial charge >= 0.3 is 5.97 Å². The number of benzene rings is 1. The lowest BCUT2D eigenvalue weighted by Gasteiger charge is -2.18. The molecule has 1 heterocycles. The molecule has 0 radical (unpaired) electrons. The molecule has 0 unspecified atom stereocenters. The third kappa shape index (κ3) is 1.97. The lowest BCUT2D eigenvalue weighted by Crippen LogP contribution is -2.28. The zero-order valence-corrected chi connectivity index (χ0v) is 11.6. The summed E-state index contributed by atoms with van der Waals surface area (Å²) in [5, 5.41) is 20.1. The second kappa shape index (κ2) is 4.30. The summed E-state index contributed by atoms with van der Waals surface area (Å²) in [6.45, 7) is 7.37. The van der Waals surface area contributed by atoms with Gasteiger partial charge < -0.3 is 14.8 Å². The van der Waals surface area contributed by atoms with Crippen LogP contribution in [0.15, 0.2) is 24.4 Å². The Morgan fingerprint density at radius 1 is 1.32 bits per heavy atom. The number of hydrogen-bond donors (Lipinski definition) is 2. The quantitative estimate of drug-likeness (QED) is 0.891. The Bertz CT molecular complexity index is 638. The Morgan fingerprint density at radius 3 is 2.47 bits per heavy atom.